The molecule has 0 aromatic heterocycles. The van der Waals surface area contributed by atoms with Gasteiger partial charge in [-0.2, -0.15) is 0 Å². The van der Waals surface area contributed by atoms with E-state index < -0.39 is 11.3 Å². The normalized spacial score (nSPS) is 16.6. The Morgan fingerprint density at radius 2 is 1.95 bits per heavy atom. The summed E-state index contributed by atoms with van der Waals surface area (Å²) in [6.45, 7) is 7.35. The van der Waals surface area contributed by atoms with Gasteiger partial charge in [0.15, 0.2) is 0 Å². The number of halogens is 2. The van der Waals surface area contributed by atoms with E-state index in [1.807, 2.05) is 26.0 Å². The molecule has 1 aliphatic carbocycles. The van der Waals surface area contributed by atoms with E-state index in [1.165, 1.54) is 0 Å². The Bertz CT molecular complexity index is 463. The molecule has 0 aliphatic heterocycles. The molecule has 4 heteroatoms. The second kappa shape index (κ2) is 6.42. The zero-order chi connectivity index (χ0) is 14.7. The fourth-order valence-corrected chi connectivity index (χ4v) is 2.04. The summed E-state index contributed by atoms with van der Waals surface area (Å²) in [5, 5.41) is 0. The molecule has 0 spiro atoms. The van der Waals surface area contributed by atoms with Crippen LogP contribution in [0.4, 0.5) is 4.39 Å². The van der Waals surface area contributed by atoms with Crippen LogP contribution < -0.4 is 0 Å². The molecular formula is C15H19BFIO. The van der Waals surface area contributed by atoms with Crippen molar-refractivity contribution in [3.8, 4) is 0 Å². The SMILES string of the molecule is [B]C1=C(C(C)(C)OCCC(C)(C)F)C=CC(I)=C=C1. The summed E-state index contributed by atoms with van der Waals surface area (Å²) in [5.41, 5.74) is 2.83. The molecule has 1 nitrogen and oxygen atoms in total. The number of hydrogen-bond donors (Lipinski definition) is 0. The van der Waals surface area contributed by atoms with Crippen molar-refractivity contribution in [3.63, 3.8) is 0 Å². The summed E-state index contributed by atoms with van der Waals surface area (Å²) < 4.78 is 20.2. The molecule has 0 saturated heterocycles. The molecule has 102 valence electrons. The van der Waals surface area contributed by atoms with E-state index in [9.17, 15) is 4.39 Å². The predicted molar refractivity (Wildman–Crippen MR) is 87.4 cm³/mol. The first-order valence-corrected chi connectivity index (χ1v) is 7.33. The van der Waals surface area contributed by atoms with Gasteiger partial charge in [-0.1, -0.05) is 11.5 Å². The van der Waals surface area contributed by atoms with Crippen molar-refractivity contribution in [2.45, 2.75) is 45.4 Å². The van der Waals surface area contributed by atoms with Gasteiger partial charge in [-0.25, -0.2) is 4.39 Å². The maximum atomic E-state index is 13.4. The van der Waals surface area contributed by atoms with Crippen LogP contribution in [0.5, 0.6) is 0 Å². The minimum Gasteiger partial charge on any atom is -0.371 e. The van der Waals surface area contributed by atoms with E-state index in [2.05, 4.69) is 28.3 Å². The summed E-state index contributed by atoms with van der Waals surface area (Å²) in [4.78, 5) is 0. The van der Waals surface area contributed by atoms with Crippen molar-refractivity contribution in [1.82, 2.24) is 0 Å². The number of allylic oxidation sites excluding steroid dienone is 3. The lowest BCUT2D eigenvalue weighted by atomic mass is 9.83. The van der Waals surface area contributed by atoms with Crippen LogP contribution in [0.3, 0.4) is 0 Å². The topological polar surface area (TPSA) is 9.23 Å². The van der Waals surface area contributed by atoms with Crippen LogP contribution in [-0.2, 0) is 4.74 Å². The van der Waals surface area contributed by atoms with Gasteiger partial charge in [0.05, 0.1) is 15.8 Å². The smallest absolute Gasteiger partial charge is 0.115 e. The van der Waals surface area contributed by atoms with E-state index in [0.29, 0.717) is 18.5 Å². The first-order chi connectivity index (χ1) is 8.62. The lowest BCUT2D eigenvalue weighted by Gasteiger charge is -2.29. The lowest BCUT2D eigenvalue weighted by Crippen LogP contribution is -2.30. The van der Waals surface area contributed by atoms with Crippen LogP contribution in [0.25, 0.3) is 0 Å². The number of ether oxygens (including phenoxy) is 1. The Labute approximate surface area is 130 Å². The third-order valence-corrected chi connectivity index (χ3v) is 3.55. The molecule has 0 aromatic rings. The fraction of sp³-hybridized carbons (Fsp3) is 0.533. The van der Waals surface area contributed by atoms with Crippen LogP contribution in [0, 0.1) is 0 Å². The van der Waals surface area contributed by atoms with Crippen molar-refractivity contribution >= 4 is 30.4 Å². The summed E-state index contributed by atoms with van der Waals surface area (Å²) in [6.07, 6.45) is 5.99. The summed E-state index contributed by atoms with van der Waals surface area (Å²) in [5.74, 6) is 0. The van der Waals surface area contributed by atoms with Crippen LogP contribution >= 0.6 is 22.6 Å². The molecular weight excluding hydrogens is 353 g/mol. The highest BCUT2D eigenvalue weighted by molar-refractivity contribution is 14.1. The Morgan fingerprint density at radius 3 is 2.53 bits per heavy atom. The largest absolute Gasteiger partial charge is 0.371 e. The average molecular weight is 372 g/mol. The highest BCUT2D eigenvalue weighted by Crippen LogP contribution is 2.28. The number of hydrogen-bond acceptors (Lipinski definition) is 1. The van der Waals surface area contributed by atoms with E-state index in [-0.39, 0.29) is 0 Å². The Hall–Kier alpha value is -0.315. The Morgan fingerprint density at radius 1 is 1.32 bits per heavy atom. The summed E-state index contributed by atoms with van der Waals surface area (Å²) >= 11 is 2.18. The van der Waals surface area contributed by atoms with E-state index in [0.717, 1.165) is 9.15 Å². The molecule has 19 heavy (non-hydrogen) atoms. The van der Waals surface area contributed by atoms with Gasteiger partial charge < -0.3 is 4.74 Å². The maximum Gasteiger partial charge on any atom is 0.115 e. The van der Waals surface area contributed by atoms with E-state index >= 15 is 0 Å². The summed E-state index contributed by atoms with van der Waals surface area (Å²) in [6, 6.07) is 0. The predicted octanol–water partition coefficient (Wildman–Crippen LogP) is 4.39. The Kier molecular flexibility index (Phi) is 5.66. The van der Waals surface area contributed by atoms with Crippen molar-refractivity contribution in [1.29, 1.82) is 0 Å². The van der Waals surface area contributed by atoms with Gasteiger partial charge >= 0.3 is 0 Å². The van der Waals surface area contributed by atoms with Gasteiger partial charge in [-0.05, 0) is 68.0 Å². The van der Waals surface area contributed by atoms with Gasteiger partial charge in [-0.15, -0.1) is 5.73 Å². The molecule has 0 N–H and O–H groups in total. The van der Waals surface area contributed by atoms with E-state index in [4.69, 9.17) is 12.6 Å². The molecule has 0 amide bonds. The molecule has 0 unspecified atom stereocenters. The second-order valence-corrected chi connectivity index (χ2v) is 6.83. The van der Waals surface area contributed by atoms with Crippen molar-refractivity contribution in [3.05, 3.63) is 38.6 Å². The maximum absolute atomic E-state index is 13.4. The highest BCUT2D eigenvalue weighted by atomic mass is 127. The monoisotopic (exact) mass is 372 g/mol. The number of alkyl halides is 1. The second-order valence-electron chi connectivity index (χ2n) is 5.67. The quantitative estimate of drug-likeness (QED) is 0.395. The fourth-order valence-electron chi connectivity index (χ4n) is 1.70. The molecule has 0 bridgehead atoms. The first-order valence-electron chi connectivity index (χ1n) is 6.25. The molecule has 0 fully saturated rings. The minimum atomic E-state index is -1.22. The average Bonchev–Trinajstić information content (AvgIpc) is 2.39. The molecule has 0 heterocycles. The lowest BCUT2D eigenvalue weighted by molar-refractivity contribution is -0.00565. The Balaban J connectivity index is 2.78. The molecule has 0 saturated carbocycles. The highest BCUT2D eigenvalue weighted by Gasteiger charge is 2.25. The van der Waals surface area contributed by atoms with Gasteiger partial charge in [-0.3, -0.25) is 0 Å². The molecule has 1 rings (SSSR count). The van der Waals surface area contributed by atoms with Crippen LogP contribution in [-0.4, -0.2) is 25.7 Å². The van der Waals surface area contributed by atoms with Crippen molar-refractivity contribution < 1.29 is 9.13 Å². The first kappa shape index (κ1) is 16.7. The third-order valence-electron chi connectivity index (χ3n) is 2.88. The number of rotatable bonds is 5. The van der Waals surface area contributed by atoms with Gasteiger partial charge in [0.2, 0.25) is 0 Å². The molecule has 0 aromatic carbocycles. The zero-order valence-corrected chi connectivity index (χ0v) is 14.0. The zero-order valence-electron chi connectivity index (χ0n) is 11.9. The van der Waals surface area contributed by atoms with Crippen LogP contribution in [0.15, 0.2) is 38.6 Å². The van der Waals surface area contributed by atoms with Crippen LogP contribution in [0.2, 0.25) is 0 Å². The standard InChI is InChI=1S/C15H19BFIO/c1-14(2,17)9-10-19-15(3,4)12-7-5-11(18)6-8-13(12)16/h5,7-8H,9-10H2,1-4H3. The minimum absolute atomic E-state index is 0.357. The summed E-state index contributed by atoms with van der Waals surface area (Å²) in [7, 11) is 6.02. The van der Waals surface area contributed by atoms with Crippen molar-refractivity contribution in [2.75, 3.05) is 6.61 Å². The van der Waals surface area contributed by atoms with Crippen LogP contribution in [0.1, 0.15) is 34.1 Å². The van der Waals surface area contributed by atoms with Gasteiger partial charge in [0.25, 0.3) is 0 Å². The van der Waals surface area contributed by atoms with Gasteiger partial charge in [0.1, 0.15) is 13.5 Å². The van der Waals surface area contributed by atoms with Gasteiger partial charge in [0, 0.05) is 6.42 Å². The molecule has 0 atom stereocenters. The molecule has 1 aliphatic rings. The third kappa shape index (κ3) is 5.68. The van der Waals surface area contributed by atoms with E-state index in [1.54, 1.807) is 19.9 Å². The van der Waals surface area contributed by atoms with Crippen molar-refractivity contribution in [2.24, 2.45) is 0 Å². The molecule has 2 radical (unpaired) electrons.